The number of ether oxygens (including phenoxy) is 1. The molecule has 0 amide bonds. The minimum absolute atomic E-state index is 0.00642. The number of aliphatic carboxylic acids is 1. The first-order valence-electron chi connectivity index (χ1n) is 5.43. The maximum atomic E-state index is 11.0. The minimum atomic E-state index is -1.12. The molecule has 0 aliphatic carbocycles. The summed E-state index contributed by atoms with van der Waals surface area (Å²) in [6, 6.07) is 3.46. The number of aromatic carboxylic acids is 1. The van der Waals surface area contributed by atoms with Gasteiger partial charge in [0, 0.05) is 0 Å². The van der Waals surface area contributed by atoms with Crippen LogP contribution < -0.4 is 10.5 Å². The average molecular weight is 253 g/mol. The van der Waals surface area contributed by atoms with E-state index in [1.807, 2.05) is 0 Å². The molecule has 1 unspecified atom stereocenters. The number of carboxylic acid groups (broad SMARTS) is 2. The van der Waals surface area contributed by atoms with Crippen LogP contribution in [0.3, 0.4) is 0 Å². The highest BCUT2D eigenvalue weighted by Crippen LogP contribution is 2.21. The number of carbonyl (C=O) groups is 2. The summed E-state index contributed by atoms with van der Waals surface area (Å²) >= 11 is 0. The Morgan fingerprint density at radius 3 is 2.56 bits per heavy atom. The van der Waals surface area contributed by atoms with Crippen molar-refractivity contribution in [3.05, 3.63) is 29.3 Å². The van der Waals surface area contributed by atoms with E-state index in [4.69, 9.17) is 20.7 Å². The van der Waals surface area contributed by atoms with Gasteiger partial charge in [0.2, 0.25) is 0 Å². The molecule has 6 nitrogen and oxygen atoms in total. The topological polar surface area (TPSA) is 110 Å². The smallest absolute Gasteiger partial charge is 0.339 e. The molecule has 98 valence electrons. The predicted molar refractivity (Wildman–Crippen MR) is 63.9 cm³/mol. The van der Waals surface area contributed by atoms with Crippen LogP contribution >= 0.6 is 0 Å². The molecule has 6 heteroatoms. The summed E-state index contributed by atoms with van der Waals surface area (Å²) in [7, 11) is 0. The molecular formula is C12H15NO5. The van der Waals surface area contributed by atoms with Gasteiger partial charge in [-0.25, -0.2) is 4.79 Å². The van der Waals surface area contributed by atoms with E-state index in [0.717, 1.165) is 0 Å². The van der Waals surface area contributed by atoms with Crippen LogP contribution in [-0.4, -0.2) is 34.8 Å². The van der Waals surface area contributed by atoms with Gasteiger partial charge in [-0.2, -0.15) is 0 Å². The van der Waals surface area contributed by atoms with Crippen LogP contribution in [0.15, 0.2) is 18.2 Å². The average Bonchev–Trinajstić information content (AvgIpc) is 2.30. The highest BCUT2D eigenvalue weighted by molar-refractivity contribution is 5.91. The molecule has 0 saturated heterocycles. The second-order valence-electron chi connectivity index (χ2n) is 3.72. The lowest BCUT2D eigenvalue weighted by Gasteiger charge is -2.11. The van der Waals surface area contributed by atoms with Gasteiger partial charge in [-0.3, -0.25) is 4.79 Å². The molecule has 4 N–H and O–H groups in total. The van der Waals surface area contributed by atoms with Crippen LogP contribution in [-0.2, 0) is 11.2 Å². The number of hydrogen-bond donors (Lipinski definition) is 3. The Labute approximate surface area is 104 Å². The highest BCUT2D eigenvalue weighted by Gasteiger charge is 2.16. The SMILES string of the molecule is CCOc1ccc(CC(N)C(=O)O)cc1C(=O)O. The van der Waals surface area contributed by atoms with E-state index in [0.29, 0.717) is 12.2 Å². The normalized spacial score (nSPS) is 11.9. The molecule has 0 heterocycles. The molecule has 0 saturated carbocycles. The molecule has 0 aliphatic heterocycles. The largest absolute Gasteiger partial charge is 0.493 e. The molecule has 18 heavy (non-hydrogen) atoms. The van der Waals surface area contributed by atoms with Crippen molar-refractivity contribution in [2.24, 2.45) is 5.73 Å². The summed E-state index contributed by atoms with van der Waals surface area (Å²) in [4.78, 5) is 21.7. The molecule has 1 aromatic rings. The molecule has 0 radical (unpaired) electrons. The van der Waals surface area contributed by atoms with Gasteiger partial charge in [-0.15, -0.1) is 0 Å². The van der Waals surface area contributed by atoms with Crippen molar-refractivity contribution in [2.45, 2.75) is 19.4 Å². The summed E-state index contributed by atoms with van der Waals surface area (Å²) in [6.45, 7) is 2.11. The molecule has 0 spiro atoms. The summed E-state index contributed by atoms with van der Waals surface area (Å²) in [5.41, 5.74) is 5.95. The molecule has 0 bridgehead atoms. The van der Waals surface area contributed by atoms with E-state index in [9.17, 15) is 9.59 Å². The zero-order valence-electron chi connectivity index (χ0n) is 9.92. The van der Waals surface area contributed by atoms with E-state index in [-0.39, 0.29) is 17.7 Å². The standard InChI is InChI=1S/C12H15NO5/c1-2-18-10-4-3-7(5-8(10)11(14)15)6-9(13)12(16)17/h3-5,9H,2,6,13H2,1H3,(H,14,15)(H,16,17). The van der Waals surface area contributed by atoms with Crippen molar-refractivity contribution < 1.29 is 24.5 Å². The number of hydrogen-bond acceptors (Lipinski definition) is 4. The molecular weight excluding hydrogens is 238 g/mol. The Morgan fingerprint density at radius 2 is 2.06 bits per heavy atom. The van der Waals surface area contributed by atoms with Gasteiger partial charge in [0.15, 0.2) is 0 Å². The monoisotopic (exact) mass is 253 g/mol. The van der Waals surface area contributed by atoms with E-state index in [2.05, 4.69) is 0 Å². The van der Waals surface area contributed by atoms with Crippen molar-refractivity contribution in [2.75, 3.05) is 6.61 Å². The Hall–Kier alpha value is -2.08. The second-order valence-corrected chi connectivity index (χ2v) is 3.72. The Kier molecular flexibility index (Phi) is 4.67. The van der Waals surface area contributed by atoms with Gasteiger partial charge in [-0.1, -0.05) is 6.07 Å². The van der Waals surface area contributed by atoms with E-state index < -0.39 is 18.0 Å². The lowest BCUT2D eigenvalue weighted by Crippen LogP contribution is -2.32. The van der Waals surface area contributed by atoms with Crippen LogP contribution in [0.25, 0.3) is 0 Å². The first-order valence-corrected chi connectivity index (χ1v) is 5.43. The van der Waals surface area contributed by atoms with Gasteiger partial charge in [0.25, 0.3) is 0 Å². The Morgan fingerprint density at radius 1 is 1.39 bits per heavy atom. The minimum Gasteiger partial charge on any atom is -0.493 e. The van der Waals surface area contributed by atoms with E-state index in [1.165, 1.54) is 12.1 Å². The summed E-state index contributed by atoms with van der Waals surface area (Å²) in [5, 5.41) is 17.7. The zero-order chi connectivity index (χ0) is 13.7. The quantitative estimate of drug-likeness (QED) is 0.689. The predicted octanol–water partition coefficient (Wildman–Crippen LogP) is 0.738. The van der Waals surface area contributed by atoms with Gasteiger partial charge in [0.1, 0.15) is 17.4 Å². The van der Waals surface area contributed by atoms with E-state index >= 15 is 0 Å². The molecule has 1 rings (SSSR count). The summed E-state index contributed by atoms with van der Waals surface area (Å²) in [6.07, 6.45) is 0.0714. The number of carboxylic acids is 2. The van der Waals surface area contributed by atoms with Gasteiger partial charge in [-0.05, 0) is 31.0 Å². The van der Waals surface area contributed by atoms with Gasteiger partial charge < -0.3 is 20.7 Å². The number of rotatable bonds is 6. The van der Waals surface area contributed by atoms with Crippen molar-refractivity contribution in [3.8, 4) is 5.75 Å². The molecule has 0 aliphatic rings. The van der Waals surface area contributed by atoms with Crippen molar-refractivity contribution in [1.82, 2.24) is 0 Å². The summed E-state index contributed by atoms with van der Waals surface area (Å²) < 4.78 is 5.18. The second kappa shape index (κ2) is 6.02. The third-order valence-corrected chi connectivity index (χ3v) is 2.35. The summed E-state index contributed by atoms with van der Waals surface area (Å²) in [5.74, 6) is -1.98. The van der Waals surface area contributed by atoms with Crippen molar-refractivity contribution in [3.63, 3.8) is 0 Å². The van der Waals surface area contributed by atoms with Gasteiger partial charge in [0.05, 0.1) is 6.61 Å². The maximum absolute atomic E-state index is 11.0. The third-order valence-electron chi connectivity index (χ3n) is 2.35. The van der Waals surface area contributed by atoms with E-state index in [1.54, 1.807) is 13.0 Å². The fourth-order valence-electron chi connectivity index (χ4n) is 1.49. The third kappa shape index (κ3) is 3.46. The molecule has 0 fully saturated rings. The first kappa shape index (κ1) is 14.0. The van der Waals surface area contributed by atoms with Gasteiger partial charge >= 0.3 is 11.9 Å². The van der Waals surface area contributed by atoms with Crippen LogP contribution in [0.2, 0.25) is 0 Å². The maximum Gasteiger partial charge on any atom is 0.339 e. The van der Waals surface area contributed by atoms with Crippen LogP contribution in [0.1, 0.15) is 22.8 Å². The Balaban J connectivity index is 2.99. The number of benzene rings is 1. The fourth-order valence-corrected chi connectivity index (χ4v) is 1.49. The Bertz CT molecular complexity index is 458. The van der Waals surface area contributed by atoms with Crippen LogP contribution in [0.5, 0.6) is 5.75 Å². The molecule has 1 aromatic carbocycles. The van der Waals surface area contributed by atoms with Crippen molar-refractivity contribution in [1.29, 1.82) is 0 Å². The van der Waals surface area contributed by atoms with Crippen LogP contribution in [0, 0.1) is 0 Å². The lowest BCUT2D eigenvalue weighted by molar-refractivity contribution is -0.138. The molecule has 1 atom stereocenters. The zero-order valence-corrected chi connectivity index (χ0v) is 9.92. The first-order chi connectivity index (χ1) is 8.45. The molecule has 0 aromatic heterocycles. The number of nitrogens with two attached hydrogens (primary N) is 1. The fraction of sp³-hybridized carbons (Fsp3) is 0.333. The van der Waals surface area contributed by atoms with Crippen LogP contribution in [0.4, 0.5) is 0 Å². The highest BCUT2D eigenvalue weighted by atomic mass is 16.5. The van der Waals surface area contributed by atoms with Crippen molar-refractivity contribution >= 4 is 11.9 Å². The lowest BCUT2D eigenvalue weighted by atomic mass is 10.0.